The predicted octanol–water partition coefficient (Wildman–Crippen LogP) is 8.36. The van der Waals surface area contributed by atoms with Crippen LogP contribution in [0.3, 0.4) is 0 Å². The van der Waals surface area contributed by atoms with Gasteiger partial charge in [-0.15, -0.1) is 0 Å². The summed E-state index contributed by atoms with van der Waals surface area (Å²) in [7, 11) is 0. The third-order valence-corrected chi connectivity index (χ3v) is 8.69. The van der Waals surface area contributed by atoms with Gasteiger partial charge >= 0.3 is 0 Å². The number of nitrogens with one attached hydrogen (secondary N) is 1. The fourth-order valence-corrected chi connectivity index (χ4v) is 6.91. The summed E-state index contributed by atoms with van der Waals surface area (Å²) in [6, 6.07) is 17.5. The fraction of sp³-hybridized carbons (Fsp3) is 0.333. The number of hydrogen-bond donors (Lipinski definition) is 1. The second kappa shape index (κ2) is 8.72. The smallest absolute Gasteiger partial charge is 0.159 e. The molecule has 186 valence electrons. The molecule has 37 heavy (non-hydrogen) atoms. The molecular formula is C33H33N3O. The van der Waals surface area contributed by atoms with Gasteiger partial charge in [-0.25, -0.2) is 0 Å². The summed E-state index contributed by atoms with van der Waals surface area (Å²) in [5.41, 5.74) is 12.2. The van der Waals surface area contributed by atoms with E-state index in [4.69, 9.17) is 0 Å². The maximum absolute atomic E-state index is 12.3. The van der Waals surface area contributed by atoms with E-state index in [0.29, 0.717) is 5.92 Å². The monoisotopic (exact) mass is 487 g/mol. The molecule has 2 aromatic carbocycles. The molecule has 1 fully saturated rings. The number of nitrogens with zero attached hydrogens (tertiary/aromatic N) is 2. The van der Waals surface area contributed by atoms with E-state index in [9.17, 15) is 4.79 Å². The first-order valence-corrected chi connectivity index (χ1v) is 13.8. The van der Waals surface area contributed by atoms with Crippen LogP contribution < -0.4 is 0 Å². The zero-order valence-electron chi connectivity index (χ0n) is 21.7. The van der Waals surface area contributed by atoms with Crippen molar-refractivity contribution in [1.29, 1.82) is 0 Å². The molecule has 0 unspecified atom stereocenters. The Morgan fingerprint density at radius 3 is 2.65 bits per heavy atom. The van der Waals surface area contributed by atoms with Crippen molar-refractivity contribution in [2.24, 2.45) is 0 Å². The lowest BCUT2D eigenvalue weighted by Gasteiger charge is -2.24. The second-order valence-electron chi connectivity index (χ2n) is 11.1. The maximum Gasteiger partial charge on any atom is 0.159 e. The van der Waals surface area contributed by atoms with Gasteiger partial charge in [-0.1, -0.05) is 37.5 Å². The number of ketones is 1. The highest BCUT2D eigenvalue weighted by molar-refractivity contribution is 6.02. The lowest BCUT2D eigenvalue weighted by atomic mass is 9.81. The number of Topliss-reactive ketones (excluding diaryl/α,β-unsaturated/α-hetero) is 1. The summed E-state index contributed by atoms with van der Waals surface area (Å²) in [4.78, 5) is 20.6. The number of hydrogen-bond acceptors (Lipinski definition) is 2. The predicted molar refractivity (Wildman–Crippen MR) is 151 cm³/mol. The van der Waals surface area contributed by atoms with Crippen LogP contribution in [-0.2, 0) is 13.0 Å². The average molecular weight is 488 g/mol. The van der Waals surface area contributed by atoms with Crippen molar-refractivity contribution in [3.8, 4) is 22.6 Å². The molecule has 4 heterocycles. The first-order chi connectivity index (χ1) is 18.1. The normalized spacial score (nSPS) is 16.1. The second-order valence-corrected chi connectivity index (χ2v) is 11.1. The standard InChI is InChI=1S/C33H33N3O/c1-20-14-15-34-29(17-20)30-19-27-24-9-6-16-36-31-18-23(21(2)37)10-11-26(31)32(22-7-4-3-5-8-22)33(36)25(24)12-13-28(27)35-30/h10-15,17-19,22,35H,3-9,16H2,1-2H3. The van der Waals surface area contributed by atoms with Gasteiger partial charge in [-0.05, 0) is 92.5 Å². The number of rotatable bonds is 3. The van der Waals surface area contributed by atoms with Gasteiger partial charge in [0.2, 0.25) is 0 Å². The number of H-pyrrole nitrogens is 1. The van der Waals surface area contributed by atoms with Crippen LogP contribution in [0.25, 0.3) is 44.5 Å². The van der Waals surface area contributed by atoms with Gasteiger partial charge in [0, 0.05) is 45.7 Å². The molecule has 0 spiro atoms. The lowest BCUT2D eigenvalue weighted by Crippen LogP contribution is -2.07. The molecule has 0 radical (unpaired) electrons. The van der Waals surface area contributed by atoms with Crippen LogP contribution in [0.5, 0.6) is 0 Å². The van der Waals surface area contributed by atoms with Crippen molar-refractivity contribution in [2.75, 3.05) is 0 Å². The number of carbonyl (C=O) groups is 1. The molecular weight excluding hydrogens is 454 g/mol. The van der Waals surface area contributed by atoms with Gasteiger partial charge in [0.25, 0.3) is 0 Å². The van der Waals surface area contributed by atoms with Crippen molar-refractivity contribution in [3.63, 3.8) is 0 Å². The summed E-state index contributed by atoms with van der Waals surface area (Å²) >= 11 is 0. The third-order valence-electron chi connectivity index (χ3n) is 8.69. The molecule has 1 aliphatic carbocycles. The van der Waals surface area contributed by atoms with Gasteiger partial charge in [0.05, 0.1) is 17.1 Å². The number of aryl methyl sites for hydroxylation is 3. The maximum atomic E-state index is 12.3. The van der Waals surface area contributed by atoms with Crippen LogP contribution in [0, 0.1) is 6.92 Å². The van der Waals surface area contributed by atoms with Crippen LogP contribution >= 0.6 is 0 Å². The van der Waals surface area contributed by atoms with Gasteiger partial charge in [-0.3, -0.25) is 9.78 Å². The number of pyridine rings is 1. The van der Waals surface area contributed by atoms with E-state index < -0.39 is 0 Å². The number of carbonyl (C=O) groups excluding carboxylic acids is 1. The van der Waals surface area contributed by atoms with Crippen molar-refractivity contribution in [2.45, 2.75) is 71.3 Å². The molecule has 1 saturated carbocycles. The van der Waals surface area contributed by atoms with E-state index in [2.05, 4.69) is 57.9 Å². The third kappa shape index (κ3) is 3.65. The highest BCUT2D eigenvalue weighted by Crippen LogP contribution is 2.47. The molecule has 4 heteroatoms. The Morgan fingerprint density at radius 1 is 0.973 bits per heavy atom. The Labute approximate surface area is 217 Å². The quantitative estimate of drug-likeness (QED) is 0.260. The number of fused-ring (bicyclic) bond motifs is 7. The minimum Gasteiger partial charge on any atom is -0.353 e. The van der Waals surface area contributed by atoms with Crippen molar-refractivity contribution >= 4 is 27.6 Å². The lowest BCUT2D eigenvalue weighted by molar-refractivity contribution is 0.101. The molecule has 0 saturated heterocycles. The first kappa shape index (κ1) is 22.5. The molecule has 1 aliphatic heterocycles. The van der Waals surface area contributed by atoms with Gasteiger partial charge < -0.3 is 9.55 Å². The van der Waals surface area contributed by atoms with E-state index in [1.54, 1.807) is 6.92 Å². The minimum absolute atomic E-state index is 0.136. The van der Waals surface area contributed by atoms with Crippen LogP contribution in [0.2, 0.25) is 0 Å². The summed E-state index contributed by atoms with van der Waals surface area (Å²) < 4.78 is 2.54. The van der Waals surface area contributed by atoms with Crippen LogP contribution in [0.1, 0.15) is 78.4 Å². The summed E-state index contributed by atoms with van der Waals surface area (Å²) in [5.74, 6) is 0.715. The van der Waals surface area contributed by atoms with E-state index in [-0.39, 0.29) is 5.78 Å². The Balaban J connectivity index is 1.49. The Kier molecular flexibility index (Phi) is 5.31. The molecule has 1 N–H and O–H groups in total. The summed E-state index contributed by atoms with van der Waals surface area (Å²) in [6.07, 6.45) is 10.5. The molecule has 0 bridgehead atoms. The van der Waals surface area contributed by atoms with Crippen molar-refractivity contribution in [1.82, 2.24) is 14.5 Å². The SMILES string of the molecule is CC(=O)c1ccc2c(C3CCCCC3)c3n(c2c1)CCCc1c-3ccc2[nH]c(-c3cc(C)ccn3)cc12. The molecule has 2 aliphatic rings. The van der Waals surface area contributed by atoms with Crippen molar-refractivity contribution < 1.29 is 4.79 Å². The average Bonchev–Trinajstić information content (AvgIpc) is 3.43. The molecule has 0 amide bonds. The Bertz CT molecular complexity index is 1680. The highest BCUT2D eigenvalue weighted by atomic mass is 16.1. The highest BCUT2D eigenvalue weighted by Gasteiger charge is 2.29. The van der Waals surface area contributed by atoms with Crippen LogP contribution in [-0.4, -0.2) is 20.3 Å². The molecule has 5 aromatic rings. The molecule has 7 rings (SSSR count). The topological polar surface area (TPSA) is 50.7 Å². The summed E-state index contributed by atoms with van der Waals surface area (Å²) in [5, 5.41) is 2.66. The van der Waals surface area contributed by atoms with E-state index in [1.165, 1.54) is 81.9 Å². The van der Waals surface area contributed by atoms with Crippen LogP contribution in [0.4, 0.5) is 0 Å². The number of aromatic amines is 1. The Hall–Kier alpha value is -3.66. The zero-order valence-corrected chi connectivity index (χ0v) is 21.7. The molecule has 3 aromatic heterocycles. The first-order valence-electron chi connectivity index (χ1n) is 13.8. The number of aromatic nitrogens is 3. The van der Waals surface area contributed by atoms with Gasteiger partial charge in [0.15, 0.2) is 5.78 Å². The molecule has 0 atom stereocenters. The largest absolute Gasteiger partial charge is 0.353 e. The van der Waals surface area contributed by atoms with Crippen molar-refractivity contribution in [3.05, 3.63) is 77.0 Å². The van der Waals surface area contributed by atoms with Gasteiger partial charge in [0.1, 0.15) is 0 Å². The zero-order chi connectivity index (χ0) is 25.1. The fourth-order valence-electron chi connectivity index (χ4n) is 6.91. The van der Waals surface area contributed by atoms with E-state index in [1.807, 2.05) is 18.3 Å². The van der Waals surface area contributed by atoms with E-state index in [0.717, 1.165) is 36.3 Å². The molecule has 4 nitrogen and oxygen atoms in total. The van der Waals surface area contributed by atoms with E-state index >= 15 is 0 Å². The number of benzene rings is 2. The van der Waals surface area contributed by atoms with Crippen LogP contribution in [0.15, 0.2) is 54.7 Å². The van der Waals surface area contributed by atoms with Gasteiger partial charge in [-0.2, -0.15) is 0 Å². The Morgan fingerprint density at radius 2 is 1.84 bits per heavy atom. The summed E-state index contributed by atoms with van der Waals surface area (Å²) in [6.45, 7) is 4.77. The minimum atomic E-state index is 0.136.